The lowest BCUT2D eigenvalue weighted by Gasteiger charge is -2.13. The van der Waals surface area contributed by atoms with E-state index in [0.717, 1.165) is 25.4 Å². The average Bonchev–Trinajstić information content (AvgIpc) is 2.31. The first-order chi connectivity index (χ1) is 8.99. The van der Waals surface area contributed by atoms with Gasteiger partial charge in [0.25, 0.3) is 0 Å². The molecule has 0 aliphatic heterocycles. The van der Waals surface area contributed by atoms with Crippen LogP contribution in [-0.4, -0.2) is 38.7 Å². The number of hydrogen-bond acceptors (Lipinski definition) is 3. The molecule has 0 aliphatic carbocycles. The van der Waals surface area contributed by atoms with Crippen molar-refractivity contribution in [3.05, 3.63) is 28.8 Å². The molecule has 0 heterocycles. The van der Waals surface area contributed by atoms with Gasteiger partial charge in [-0.2, -0.15) is 0 Å². The molecule has 1 aromatic carbocycles. The molecule has 19 heavy (non-hydrogen) atoms. The number of nitrogens with zero attached hydrogens (tertiary/aromatic N) is 1. The van der Waals surface area contributed by atoms with Gasteiger partial charge in [-0.25, -0.2) is 0 Å². The van der Waals surface area contributed by atoms with Gasteiger partial charge < -0.3 is 15.0 Å². The minimum absolute atomic E-state index is 0.650. The highest BCUT2D eigenvalue weighted by Crippen LogP contribution is 2.25. The summed E-state index contributed by atoms with van der Waals surface area (Å²) in [5.74, 6) is 1.42. The Balaban J connectivity index is 2.45. The van der Waals surface area contributed by atoms with Crippen LogP contribution in [0.3, 0.4) is 0 Å². The number of halogens is 1. The molecule has 0 fully saturated rings. The molecule has 1 aromatic rings. The molecule has 0 saturated carbocycles. The maximum absolute atomic E-state index is 6.22. The van der Waals surface area contributed by atoms with E-state index in [1.165, 1.54) is 5.56 Å². The number of rotatable bonds is 8. The molecule has 108 valence electrons. The van der Waals surface area contributed by atoms with Crippen LogP contribution in [0, 0.1) is 5.92 Å². The third-order valence-electron chi connectivity index (χ3n) is 2.67. The highest BCUT2D eigenvalue weighted by Gasteiger charge is 2.04. The van der Waals surface area contributed by atoms with Crippen LogP contribution in [0.2, 0.25) is 5.02 Å². The summed E-state index contributed by atoms with van der Waals surface area (Å²) in [6.45, 7) is 7.78. The van der Waals surface area contributed by atoms with Crippen molar-refractivity contribution in [3.63, 3.8) is 0 Å². The lowest BCUT2D eigenvalue weighted by atomic mass is 10.2. The van der Waals surface area contributed by atoms with Crippen molar-refractivity contribution in [2.45, 2.75) is 20.4 Å². The molecule has 0 unspecified atom stereocenters. The first-order valence-corrected chi connectivity index (χ1v) is 7.13. The molecular weight excluding hydrogens is 260 g/mol. The lowest BCUT2D eigenvalue weighted by molar-refractivity contribution is 0.261. The van der Waals surface area contributed by atoms with Gasteiger partial charge >= 0.3 is 0 Å². The van der Waals surface area contributed by atoms with Crippen molar-refractivity contribution in [3.8, 4) is 5.75 Å². The van der Waals surface area contributed by atoms with Crippen molar-refractivity contribution in [1.29, 1.82) is 0 Å². The number of likely N-dealkylation sites (N-methyl/N-ethyl adjacent to an activating group) is 1. The fourth-order valence-electron chi connectivity index (χ4n) is 1.61. The fraction of sp³-hybridized carbons (Fsp3) is 0.600. The van der Waals surface area contributed by atoms with Crippen LogP contribution in [0.1, 0.15) is 19.4 Å². The smallest absolute Gasteiger partial charge is 0.137 e. The van der Waals surface area contributed by atoms with Crippen LogP contribution in [-0.2, 0) is 6.54 Å². The Morgan fingerprint density at radius 2 is 2.05 bits per heavy atom. The van der Waals surface area contributed by atoms with E-state index < -0.39 is 0 Å². The van der Waals surface area contributed by atoms with Gasteiger partial charge in [-0.15, -0.1) is 0 Å². The highest BCUT2D eigenvalue weighted by atomic mass is 35.5. The lowest BCUT2D eigenvalue weighted by Crippen LogP contribution is -2.20. The summed E-state index contributed by atoms with van der Waals surface area (Å²) in [4.78, 5) is 2.08. The molecule has 0 radical (unpaired) electrons. The van der Waals surface area contributed by atoms with Crippen LogP contribution in [0.4, 0.5) is 0 Å². The molecule has 0 aliphatic rings. The molecule has 1 rings (SSSR count). The standard InChI is InChI=1S/C15H25ClN2O/c1-12(2)10-17-11-13-5-6-15(14(16)9-13)19-8-7-18(3)4/h5-6,9,12,17H,7-8,10-11H2,1-4H3. The van der Waals surface area contributed by atoms with Crippen molar-refractivity contribution in [2.24, 2.45) is 5.92 Å². The summed E-state index contributed by atoms with van der Waals surface area (Å²) in [6, 6.07) is 5.98. The van der Waals surface area contributed by atoms with Crippen LogP contribution >= 0.6 is 11.6 Å². The Hall–Kier alpha value is -0.770. The zero-order chi connectivity index (χ0) is 14.3. The Kier molecular flexibility index (Phi) is 7.21. The predicted octanol–water partition coefficient (Wildman–Crippen LogP) is 3.03. The minimum atomic E-state index is 0.650. The summed E-state index contributed by atoms with van der Waals surface area (Å²) < 4.78 is 5.65. The quantitative estimate of drug-likeness (QED) is 0.794. The van der Waals surface area contributed by atoms with E-state index in [1.807, 2.05) is 26.2 Å². The van der Waals surface area contributed by atoms with E-state index in [0.29, 0.717) is 17.5 Å². The summed E-state index contributed by atoms with van der Waals surface area (Å²) >= 11 is 6.22. The van der Waals surface area contributed by atoms with Crippen LogP contribution in [0.15, 0.2) is 18.2 Å². The molecule has 0 saturated heterocycles. The Morgan fingerprint density at radius 3 is 2.63 bits per heavy atom. The van der Waals surface area contributed by atoms with Gasteiger partial charge in [0.15, 0.2) is 0 Å². The predicted molar refractivity (Wildman–Crippen MR) is 82.0 cm³/mol. The van der Waals surface area contributed by atoms with Gasteiger partial charge in [-0.1, -0.05) is 31.5 Å². The maximum atomic E-state index is 6.22. The first kappa shape index (κ1) is 16.3. The monoisotopic (exact) mass is 284 g/mol. The normalized spacial score (nSPS) is 11.3. The minimum Gasteiger partial charge on any atom is -0.491 e. The summed E-state index contributed by atoms with van der Waals surface area (Å²) in [7, 11) is 4.04. The second-order valence-electron chi connectivity index (χ2n) is 5.44. The SMILES string of the molecule is CC(C)CNCc1ccc(OCCN(C)C)c(Cl)c1. The van der Waals surface area contributed by atoms with E-state index in [4.69, 9.17) is 16.3 Å². The zero-order valence-electron chi connectivity index (χ0n) is 12.4. The van der Waals surface area contributed by atoms with Gasteiger partial charge in [-0.05, 0) is 44.3 Å². The third kappa shape index (κ3) is 6.81. The van der Waals surface area contributed by atoms with Crippen LogP contribution in [0.5, 0.6) is 5.75 Å². The Bertz CT molecular complexity index is 380. The van der Waals surface area contributed by atoms with E-state index in [9.17, 15) is 0 Å². The molecule has 1 N–H and O–H groups in total. The van der Waals surface area contributed by atoms with Gasteiger partial charge in [0.1, 0.15) is 12.4 Å². The molecule has 0 spiro atoms. The van der Waals surface area contributed by atoms with Gasteiger partial charge in [0.05, 0.1) is 5.02 Å². The molecule has 4 heteroatoms. The van der Waals surface area contributed by atoms with E-state index in [1.54, 1.807) is 0 Å². The number of benzene rings is 1. The van der Waals surface area contributed by atoms with Crippen LogP contribution < -0.4 is 10.1 Å². The molecule has 0 atom stereocenters. The molecule has 0 bridgehead atoms. The maximum Gasteiger partial charge on any atom is 0.137 e. The molecule has 0 amide bonds. The van der Waals surface area contributed by atoms with Crippen molar-refractivity contribution in [2.75, 3.05) is 33.8 Å². The topological polar surface area (TPSA) is 24.5 Å². The number of ether oxygens (including phenoxy) is 1. The van der Waals surface area contributed by atoms with E-state index >= 15 is 0 Å². The second kappa shape index (κ2) is 8.41. The fourth-order valence-corrected chi connectivity index (χ4v) is 1.87. The second-order valence-corrected chi connectivity index (χ2v) is 5.85. The largest absolute Gasteiger partial charge is 0.491 e. The average molecular weight is 285 g/mol. The Labute approximate surface area is 121 Å². The van der Waals surface area contributed by atoms with Crippen LogP contribution in [0.25, 0.3) is 0 Å². The van der Waals surface area contributed by atoms with Crippen molar-refractivity contribution >= 4 is 11.6 Å². The zero-order valence-corrected chi connectivity index (χ0v) is 13.1. The molecule has 3 nitrogen and oxygen atoms in total. The van der Waals surface area contributed by atoms with Gasteiger partial charge in [-0.3, -0.25) is 0 Å². The van der Waals surface area contributed by atoms with E-state index in [2.05, 4.69) is 30.1 Å². The van der Waals surface area contributed by atoms with Gasteiger partial charge in [0.2, 0.25) is 0 Å². The van der Waals surface area contributed by atoms with Crippen molar-refractivity contribution < 1.29 is 4.74 Å². The molecule has 0 aromatic heterocycles. The first-order valence-electron chi connectivity index (χ1n) is 6.75. The van der Waals surface area contributed by atoms with Gasteiger partial charge in [0, 0.05) is 13.1 Å². The Morgan fingerprint density at radius 1 is 1.32 bits per heavy atom. The summed E-state index contributed by atoms with van der Waals surface area (Å²) in [5.41, 5.74) is 1.19. The molecular formula is C15H25ClN2O. The van der Waals surface area contributed by atoms with Crippen molar-refractivity contribution in [1.82, 2.24) is 10.2 Å². The third-order valence-corrected chi connectivity index (χ3v) is 2.97. The number of hydrogen-bond donors (Lipinski definition) is 1. The number of nitrogens with one attached hydrogen (secondary N) is 1. The highest BCUT2D eigenvalue weighted by molar-refractivity contribution is 6.32. The van der Waals surface area contributed by atoms with E-state index in [-0.39, 0.29) is 0 Å². The summed E-state index contributed by atoms with van der Waals surface area (Å²) in [6.07, 6.45) is 0. The summed E-state index contributed by atoms with van der Waals surface area (Å²) in [5, 5.41) is 4.08.